The van der Waals surface area contributed by atoms with E-state index in [-0.39, 0.29) is 0 Å². The van der Waals surface area contributed by atoms with Crippen LogP contribution in [0.15, 0.2) is 18.2 Å². The van der Waals surface area contributed by atoms with E-state index in [0.29, 0.717) is 6.04 Å². The van der Waals surface area contributed by atoms with Crippen LogP contribution in [0.25, 0.3) is 0 Å². The Labute approximate surface area is 91.6 Å². The Morgan fingerprint density at radius 2 is 2.13 bits per heavy atom. The highest BCUT2D eigenvalue weighted by atomic mass is 16.5. The van der Waals surface area contributed by atoms with Crippen LogP contribution in [0.5, 0.6) is 5.75 Å². The zero-order chi connectivity index (χ0) is 10.8. The third-order valence-corrected chi connectivity index (χ3v) is 2.92. The monoisotopic (exact) mass is 205 g/mol. The number of hydrogen-bond donors (Lipinski definition) is 1. The van der Waals surface area contributed by atoms with E-state index < -0.39 is 0 Å². The fraction of sp³-hybridized carbons (Fsp3) is 0.538. The molecule has 0 aliphatic heterocycles. The van der Waals surface area contributed by atoms with Gasteiger partial charge in [0.15, 0.2) is 0 Å². The van der Waals surface area contributed by atoms with Gasteiger partial charge in [-0.1, -0.05) is 12.1 Å². The van der Waals surface area contributed by atoms with E-state index in [4.69, 9.17) is 4.74 Å². The van der Waals surface area contributed by atoms with Crippen molar-refractivity contribution in [2.75, 3.05) is 7.11 Å². The van der Waals surface area contributed by atoms with Gasteiger partial charge < -0.3 is 10.1 Å². The second kappa shape index (κ2) is 4.23. The maximum Gasteiger partial charge on any atom is 0.123 e. The molecule has 2 rings (SSSR count). The van der Waals surface area contributed by atoms with Gasteiger partial charge in [0.1, 0.15) is 5.75 Å². The molecule has 1 fully saturated rings. The third kappa shape index (κ3) is 2.51. The van der Waals surface area contributed by atoms with Crippen molar-refractivity contribution in [2.24, 2.45) is 0 Å². The Morgan fingerprint density at radius 1 is 1.40 bits per heavy atom. The molecule has 2 nitrogen and oxygen atoms in total. The first-order valence-electron chi connectivity index (χ1n) is 5.61. The zero-order valence-corrected chi connectivity index (χ0v) is 9.71. The first-order chi connectivity index (χ1) is 7.20. The molecule has 0 heterocycles. The molecule has 1 unspecified atom stereocenters. The first-order valence-corrected chi connectivity index (χ1v) is 5.61. The van der Waals surface area contributed by atoms with Crippen LogP contribution >= 0.6 is 0 Å². The van der Waals surface area contributed by atoms with Crippen LogP contribution in [-0.2, 0) is 0 Å². The summed E-state index contributed by atoms with van der Waals surface area (Å²) >= 11 is 0. The van der Waals surface area contributed by atoms with Crippen molar-refractivity contribution in [3.05, 3.63) is 29.3 Å². The molecule has 0 radical (unpaired) electrons. The quantitative estimate of drug-likeness (QED) is 0.816. The molecule has 2 heteroatoms. The lowest BCUT2D eigenvalue weighted by Gasteiger charge is -2.17. The summed E-state index contributed by atoms with van der Waals surface area (Å²) in [5.74, 6) is 0.996. The van der Waals surface area contributed by atoms with Crippen LogP contribution < -0.4 is 10.1 Å². The van der Waals surface area contributed by atoms with Gasteiger partial charge in [0.05, 0.1) is 7.11 Å². The number of rotatable bonds is 4. The van der Waals surface area contributed by atoms with Gasteiger partial charge in [-0.05, 0) is 38.3 Å². The second-order valence-corrected chi connectivity index (χ2v) is 4.41. The fourth-order valence-corrected chi connectivity index (χ4v) is 1.87. The number of methoxy groups -OCH3 is 1. The number of ether oxygens (including phenoxy) is 1. The van der Waals surface area contributed by atoms with Gasteiger partial charge >= 0.3 is 0 Å². The Kier molecular flexibility index (Phi) is 2.96. The van der Waals surface area contributed by atoms with Crippen LogP contribution in [-0.4, -0.2) is 13.2 Å². The van der Waals surface area contributed by atoms with E-state index in [1.807, 2.05) is 0 Å². The lowest BCUT2D eigenvalue weighted by molar-refractivity contribution is 0.401. The predicted octanol–water partition coefficient (Wildman–Crippen LogP) is 2.82. The SMILES string of the molecule is COc1cc(C)ccc1C(C)NC1CC1. The molecule has 1 aliphatic rings. The molecule has 15 heavy (non-hydrogen) atoms. The third-order valence-electron chi connectivity index (χ3n) is 2.92. The summed E-state index contributed by atoms with van der Waals surface area (Å²) in [6.07, 6.45) is 2.64. The molecule has 1 aromatic carbocycles. The van der Waals surface area contributed by atoms with Gasteiger partial charge in [0.25, 0.3) is 0 Å². The molecule has 1 N–H and O–H groups in total. The molecule has 0 aromatic heterocycles. The van der Waals surface area contributed by atoms with Crippen LogP contribution in [0, 0.1) is 6.92 Å². The highest BCUT2D eigenvalue weighted by Crippen LogP contribution is 2.29. The molecular weight excluding hydrogens is 186 g/mol. The largest absolute Gasteiger partial charge is 0.496 e. The Hall–Kier alpha value is -1.02. The number of nitrogens with one attached hydrogen (secondary N) is 1. The van der Waals surface area contributed by atoms with Crippen molar-refractivity contribution in [1.82, 2.24) is 5.32 Å². The summed E-state index contributed by atoms with van der Waals surface area (Å²) in [4.78, 5) is 0. The normalized spacial score (nSPS) is 17.5. The predicted molar refractivity (Wildman–Crippen MR) is 62.3 cm³/mol. The molecule has 0 saturated heterocycles. The molecule has 82 valence electrons. The number of aryl methyl sites for hydroxylation is 1. The lowest BCUT2D eigenvalue weighted by atomic mass is 10.0. The topological polar surface area (TPSA) is 21.3 Å². The summed E-state index contributed by atoms with van der Waals surface area (Å²) in [5, 5.41) is 3.58. The summed E-state index contributed by atoms with van der Waals surface area (Å²) in [6.45, 7) is 4.29. The van der Waals surface area contributed by atoms with Crippen molar-refractivity contribution in [1.29, 1.82) is 0 Å². The summed E-state index contributed by atoms with van der Waals surface area (Å²) in [7, 11) is 1.74. The fourth-order valence-electron chi connectivity index (χ4n) is 1.87. The molecule has 1 saturated carbocycles. The first kappa shape index (κ1) is 10.5. The molecule has 1 aromatic rings. The maximum atomic E-state index is 5.41. The summed E-state index contributed by atoms with van der Waals surface area (Å²) in [5.41, 5.74) is 2.50. The highest BCUT2D eigenvalue weighted by Gasteiger charge is 2.24. The highest BCUT2D eigenvalue weighted by molar-refractivity contribution is 5.39. The molecule has 0 amide bonds. The molecule has 1 atom stereocenters. The van der Waals surface area contributed by atoms with Crippen molar-refractivity contribution >= 4 is 0 Å². The van der Waals surface area contributed by atoms with E-state index in [9.17, 15) is 0 Å². The van der Waals surface area contributed by atoms with Crippen LogP contribution in [0.3, 0.4) is 0 Å². The van der Waals surface area contributed by atoms with Crippen LogP contribution in [0.1, 0.15) is 36.9 Å². The van der Waals surface area contributed by atoms with Crippen molar-refractivity contribution in [2.45, 2.75) is 38.8 Å². The molecule has 1 aliphatic carbocycles. The van der Waals surface area contributed by atoms with Gasteiger partial charge in [-0.15, -0.1) is 0 Å². The van der Waals surface area contributed by atoms with Crippen LogP contribution in [0.2, 0.25) is 0 Å². The smallest absolute Gasteiger partial charge is 0.123 e. The van der Waals surface area contributed by atoms with Gasteiger partial charge in [-0.2, -0.15) is 0 Å². The van der Waals surface area contributed by atoms with E-state index >= 15 is 0 Å². The minimum absolute atomic E-state index is 0.382. The molecular formula is C13H19NO. The number of hydrogen-bond acceptors (Lipinski definition) is 2. The van der Waals surface area contributed by atoms with Crippen molar-refractivity contribution < 1.29 is 4.74 Å². The number of benzene rings is 1. The second-order valence-electron chi connectivity index (χ2n) is 4.41. The summed E-state index contributed by atoms with van der Waals surface area (Å²) in [6, 6.07) is 7.51. The lowest BCUT2D eigenvalue weighted by Crippen LogP contribution is -2.21. The Morgan fingerprint density at radius 3 is 2.73 bits per heavy atom. The van der Waals surface area contributed by atoms with Gasteiger partial charge in [0, 0.05) is 17.6 Å². The molecule has 0 bridgehead atoms. The van der Waals surface area contributed by atoms with Crippen LogP contribution in [0.4, 0.5) is 0 Å². The van der Waals surface area contributed by atoms with E-state index in [0.717, 1.165) is 11.8 Å². The average molecular weight is 205 g/mol. The Bertz CT molecular complexity index is 344. The Balaban J connectivity index is 2.17. The standard InChI is InChI=1S/C13H19NO/c1-9-4-7-12(13(8-9)15-3)10(2)14-11-5-6-11/h4,7-8,10-11,14H,5-6H2,1-3H3. The molecule has 0 spiro atoms. The van der Waals surface area contributed by atoms with Gasteiger partial charge in [0.2, 0.25) is 0 Å². The zero-order valence-electron chi connectivity index (χ0n) is 9.71. The van der Waals surface area contributed by atoms with E-state index in [1.54, 1.807) is 7.11 Å². The summed E-state index contributed by atoms with van der Waals surface area (Å²) < 4.78 is 5.41. The van der Waals surface area contributed by atoms with Gasteiger partial charge in [-0.3, -0.25) is 0 Å². The van der Waals surface area contributed by atoms with Crippen molar-refractivity contribution in [3.8, 4) is 5.75 Å². The minimum atomic E-state index is 0.382. The van der Waals surface area contributed by atoms with E-state index in [2.05, 4.69) is 37.4 Å². The average Bonchev–Trinajstić information content (AvgIpc) is 3.01. The van der Waals surface area contributed by atoms with E-state index in [1.165, 1.54) is 24.0 Å². The maximum absolute atomic E-state index is 5.41. The van der Waals surface area contributed by atoms with Crippen molar-refractivity contribution in [3.63, 3.8) is 0 Å². The van der Waals surface area contributed by atoms with Gasteiger partial charge in [-0.25, -0.2) is 0 Å². The minimum Gasteiger partial charge on any atom is -0.496 e.